The molecule has 0 unspecified atom stereocenters. The molecule has 3 aromatic rings. The Kier molecular flexibility index (Phi) is 5.00. The van der Waals surface area contributed by atoms with Crippen LogP contribution in [0.1, 0.15) is 23.5 Å². The summed E-state index contributed by atoms with van der Waals surface area (Å²) in [6.07, 6.45) is 3.24. The zero-order chi connectivity index (χ0) is 21.5. The molecule has 2 amide bonds. The number of fused-ring (bicyclic) bond motifs is 1. The van der Waals surface area contributed by atoms with Crippen molar-refractivity contribution in [1.82, 2.24) is 14.4 Å². The Balaban J connectivity index is 1.16. The number of piperazine rings is 1. The molecule has 160 valence electrons. The summed E-state index contributed by atoms with van der Waals surface area (Å²) in [5.41, 5.74) is 3.20. The molecular weight excluding hydrogens is 393 g/mol. The maximum atomic E-state index is 13.1. The molecular formula is C25H26FN3O2. The van der Waals surface area contributed by atoms with Crippen LogP contribution in [0.2, 0.25) is 0 Å². The Morgan fingerprint density at radius 3 is 2.39 bits per heavy atom. The van der Waals surface area contributed by atoms with E-state index in [0.29, 0.717) is 32.6 Å². The summed E-state index contributed by atoms with van der Waals surface area (Å²) in [4.78, 5) is 29.5. The Morgan fingerprint density at radius 1 is 0.968 bits per heavy atom. The SMILES string of the molecule is Cn1cc(CC(=O)N2CCN(C(=O)[C@@H]3C[C@H]3c3ccc(F)cc3)CC2)c2ccccc21. The number of nitrogens with zero attached hydrogens (tertiary/aromatic N) is 3. The fourth-order valence-corrected chi connectivity index (χ4v) is 4.80. The highest BCUT2D eigenvalue weighted by atomic mass is 19.1. The van der Waals surface area contributed by atoms with E-state index in [4.69, 9.17) is 0 Å². The summed E-state index contributed by atoms with van der Waals surface area (Å²) in [6.45, 7) is 2.30. The van der Waals surface area contributed by atoms with Crippen LogP contribution < -0.4 is 0 Å². The predicted molar refractivity (Wildman–Crippen MR) is 117 cm³/mol. The lowest BCUT2D eigenvalue weighted by molar-refractivity contribution is -0.140. The molecule has 2 aromatic carbocycles. The monoisotopic (exact) mass is 419 g/mol. The molecule has 2 atom stereocenters. The number of hydrogen-bond acceptors (Lipinski definition) is 2. The fourth-order valence-electron chi connectivity index (χ4n) is 4.80. The van der Waals surface area contributed by atoms with Crippen molar-refractivity contribution in [1.29, 1.82) is 0 Å². The Labute approximate surface area is 181 Å². The number of benzene rings is 2. The van der Waals surface area contributed by atoms with Crippen molar-refractivity contribution in [3.63, 3.8) is 0 Å². The largest absolute Gasteiger partial charge is 0.350 e. The van der Waals surface area contributed by atoms with Crippen LogP contribution in [0.15, 0.2) is 54.7 Å². The van der Waals surface area contributed by atoms with Gasteiger partial charge in [0.1, 0.15) is 5.82 Å². The Hall–Kier alpha value is -3.15. The van der Waals surface area contributed by atoms with Gasteiger partial charge in [0, 0.05) is 56.2 Å². The first-order valence-corrected chi connectivity index (χ1v) is 10.9. The minimum absolute atomic E-state index is 0.0107. The zero-order valence-corrected chi connectivity index (χ0v) is 17.6. The normalized spacial score (nSPS) is 20.8. The highest BCUT2D eigenvalue weighted by Gasteiger charge is 2.46. The van der Waals surface area contributed by atoms with Crippen LogP contribution >= 0.6 is 0 Å². The third-order valence-electron chi connectivity index (χ3n) is 6.67. The lowest BCUT2D eigenvalue weighted by Gasteiger charge is -2.35. The maximum Gasteiger partial charge on any atom is 0.227 e. The van der Waals surface area contributed by atoms with Crippen molar-refractivity contribution in [3.05, 3.63) is 71.7 Å². The second-order valence-corrected chi connectivity index (χ2v) is 8.67. The molecule has 2 aliphatic rings. The molecule has 1 aliphatic carbocycles. The van der Waals surface area contributed by atoms with Crippen LogP contribution in [0, 0.1) is 11.7 Å². The van der Waals surface area contributed by atoms with Gasteiger partial charge in [-0.2, -0.15) is 0 Å². The minimum atomic E-state index is -0.253. The van der Waals surface area contributed by atoms with Gasteiger partial charge in [0.25, 0.3) is 0 Å². The summed E-state index contributed by atoms with van der Waals surface area (Å²) in [6, 6.07) is 14.6. The van der Waals surface area contributed by atoms with Gasteiger partial charge in [-0.15, -0.1) is 0 Å². The number of aryl methyl sites for hydroxylation is 1. The number of amides is 2. The van der Waals surface area contributed by atoms with Gasteiger partial charge >= 0.3 is 0 Å². The third kappa shape index (κ3) is 3.82. The van der Waals surface area contributed by atoms with Crippen molar-refractivity contribution in [2.45, 2.75) is 18.8 Å². The quantitative estimate of drug-likeness (QED) is 0.651. The molecule has 5 nitrogen and oxygen atoms in total. The molecule has 0 radical (unpaired) electrons. The van der Waals surface area contributed by atoms with Gasteiger partial charge in [-0.3, -0.25) is 9.59 Å². The molecule has 6 heteroatoms. The standard InChI is InChI=1S/C25H26FN3O2/c1-27-16-18(20-4-2-3-5-23(20)27)14-24(30)28-10-12-29(13-11-28)25(31)22-15-21(22)17-6-8-19(26)9-7-17/h2-9,16,21-22H,10-15H2,1H3/t21-,22+/m0/s1. The van der Waals surface area contributed by atoms with Gasteiger partial charge in [-0.25, -0.2) is 4.39 Å². The first-order chi connectivity index (χ1) is 15.0. The highest BCUT2D eigenvalue weighted by Crippen LogP contribution is 2.48. The molecule has 2 heterocycles. The molecule has 2 fully saturated rings. The van der Waals surface area contributed by atoms with Crippen LogP contribution in [0.5, 0.6) is 0 Å². The zero-order valence-electron chi connectivity index (χ0n) is 17.6. The van der Waals surface area contributed by atoms with E-state index in [9.17, 15) is 14.0 Å². The smallest absolute Gasteiger partial charge is 0.227 e. The average molecular weight is 420 g/mol. The number of rotatable bonds is 4. The first-order valence-electron chi connectivity index (χ1n) is 10.9. The molecule has 1 saturated heterocycles. The maximum absolute atomic E-state index is 13.1. The number of hydrogen-bond donors (Lipinski definition) is 0. The van der Waals surface area contributed by atoms with Crippen LogP contribution in [0.25, 0.3) is 10.9 Å². The number of para-hydroxylation sites is 1. The topological polar surface area (TPSA) is 45.6 Å². The van der Waals surface area contributed by atoms with E-state index in [1.807, 2.05) is 35.2 Å². The van der Waals surface area contributed by atoms with E-state index in [1.165, 1.54) is 12.1 Å². The Bertz CT molecular complexity index is 1130. The molecule has 0 bridgehead atoms. The van der Waals surface area contributed by atoms with Gasteiger partial charge < -0.3 is 14.4 Å². The van der Waals surface area contributed by atoms with Gasteiger partial charge in [-0.1, -0.05) is 30.3 Å². The van der Waals surface area contributed by atoms with E-state index in [-0.39, 0.29) is 29.5 Å². The van der Waals surface area contributed by atoms with Crippen LogP contribution in [0.4, 0.5) is 4.39 Å². The van der Waals surface area contributed by atoms with Crippen molar-refractivity contribution < 1.29 is 14.0 Å². The molecule has 5 rings (SSSR count). The minimum Gasteiger partial charge on any atom is -0.350 e. The molecule has 1 saturated carbocycles. The van der Waals surface area contributed by atoms with Crippen LogP contribution in [-0.2, 0) is 23.1 Å². The van der Waals surface area contributed by atoms with E-state index in [2.05, 4.69) is 16.7 Å². The second-order valence-electron chi connectivity index (χ2n) is 8.67. The second kappa shape index (κ2) is 7.84. The molecule has 1 aliphatic heterocycles. The van der Waals surface area contributed by atoms with Crippen LogP contribution in [-0.4, -0.2) is 52.4 Å². The van der Waals surface area contributed by atoms with Gasteiger partial charge in [-0.05, 0) is 41.7 Å². The summed E-state index contributed by atoms with van der Waals surface area (Å²) in [5.74, 6) is 0.202. The van der Waals surface area contributed by atoms with Crippen molar-refractivity contribution in [2.24, 2.45) is 13.0 Å². The number of carbonyl (C=O) groups excluding carboxylic acids is 2. The van der Waals surface area contributed by atoms with E-state index in [0.717, 1.165) is 28.5 Å². The fraction of sp³-hybridized carbons (Fsp3) is 0.360. The van der Waals surface area contributed by atoms with Gasteiger partial charge in [0.05, 0.1) is 6.42 Å². The number of halogens is 1. The van der Waals surface area contributed by atoms with Crippen LogP contribution in [0.3, 0.4) is 0 Å². The third-order valence-corrected chi connectivity index (χ3v) is 6.67. The number of aromatic nitrogens is 1. The van der Waals surface area contributed by atoms with E-state index < -0.39 is 0 Å². The van der Waals surface area contributed by atoms with E-state index in [1.54, 1.807) is 12.1 Å². The summed E-state index contributed by atoms with van der Waals surface area (Å²) < 4.78 is 15.2. The summed E-state index contributed by atoms with van der Waals surface area (Å²) in [7, 11) is 2.00. The highest BCUT2D eigenvalue weighted by molar-refractivity contribution is 5.89. The molecule has 31 heavy (non-hydrogen) atoms. The predicted octanol–water partition coefficient (Wildman–Crippen LogP) is 3.33. The summed E-state index contributed by atoms with van der Waals surface area (Å²) in [5, 5.41) is 1.12. The summed E-state index contributed by atoms with van der Waals surface area (Å²) >= 11 is 0. The van der Waals surface area contributed by atoms with Gasteiger partial charge in [0.15, 0.2) is 0 Å². The lowest BCUT2D eigenvalue weighted by atomic mass is 10.1. The molecule has 1 aromatic heterocycles. The van der Waals surface area contributed by atoms with Crippen molar-refractivity contribution in [2.75, 3.05) is 26.2 Å². The van der Waals surface area contributed by atoms with Gasteiger partial charge in [0.2, 0.25) is 11.8 Å². The number of carbonyl (C=O) groups is 2. The molecule has 0 spiro atoms. The van der Waals surface area contributed by atoms with E-state index >= 15 is 0 Å². The van der Waals surface area contributed by atoms with Crippen molar-refractivity contribution >= 4 is 22.7 Å². The average Bonchev–Trinajstić information content (AvgIpc) is 3.53. The Morgan fingerprint density at radius 2 is 1.65 bits per heavy atom. The first kappa shape index (κ1) is 19.8. The lowest BCUT2D eigenvalue weighted by Crippen LogP contribution is -2.51. The molecule has 0 N–H and O–H groups in total. The van der Waals surface area contributed by atoms with Crippen molar-refractivity contribution in [3.8, 4) is 0 Å².